The van der Waals surface area contributed by atoms with Crippen LogP contribution >= 0.6 is 23.2 Å². The molecule has 0 aliphatic heterocycles. The van der Waals surface area contributed by atoms with E-state index in [0.29, 0.717) is 40.6 Å². The largest absolute Gasteiger partial charge is 0.354 e. The van der Waals surface area contributed by atoms with Crippen molar-refractivity contribution in [2.24, 2.45) is 11.8 Å². The highest BCUT2D eigenvalue weighted by atomic mass is 35.5. The first-order chi connectivity index (χ1) is 8.99. The van der Waals surface area contributed by atoms with Crippen molar-refractivity contribution in [2.45, 2.75) is 20.3 Å². The molecule has 1 heterocycles. The summed E-state index contributed by atoms with van der Waals surface area (Å²) in [5.74, 6) is 6.73. The van der Waals surface area contributed by atoms with Crippen molar-refractivity contribution in [2.75, 3.05) is 23.4 Å². The van der Waals surface area contributed by atoms with Gasteiger partial charge >= 0.3 is 0 Å². The van der Waals surface area contributed by atoms with E-state index in [1.807, 2.05) is 4.90 Å². The van der Waals surface area contributed by atoms with Crippen LogP contribution in [0.5, 0.6) is 0 Å². The number of rotatable bonds is 6. The first-order valence-corrected chi connectivity index (χ1v) is 6.69. The van der Waals surface area contributed by atoms with Crippen LogP contribution in [0.15, 0.2) is 6.07 Å². The lowest BCUT2D eigenvalue weighted by molar-refractivity contribution is 0.608. The third kappa shape index (κ3) is 4.43. The summed E-state index contributed by atoms with van der Waals surface area (Å²) in [4.78, 5) is 6.28. The topological polar surface area (TPSA) is 78.0 Å². The van der Waals surface area contributed by atoms with Crippen molar-refractivity contribution in [3.63, 3.8) is 0 Å². The van der Waals surface area contributed by atoms with Crippen LogP contribution in [0.4, 0.5) is 11.6 Å². The minimum Gasteiger partial charge on any atom is -0.354 e. The highest BCUT2D eigenvalue weighted by molar-refractivity contribution is 6.37. The predicted octanol–water partition coefficient (Wildman–Crippen LogP) is 3.05. The minimum atomic E-state index is 0.362. The molecule has 0 spiro atoms. The van der Waals surface area contributed by atoms with Gasteiger partial charge in [-0.05, 0) is 12.0 Å². The maximum absolute atomic E-state index is 8.73. The van der Waals surface area contributed by atoms with Crippen molar-refractivity contribution in [3.8, 4) is 6.07 Å². The molecular weight excluding hydrogens is 285 g/mol. The number of hydrogen-bond acceptors (Lipinski definition) is 5. The Balaban J connectivity index is 3.10. The number of nitrogens with one attached hydrogen (secondary N) is 1. The summed E-state index contributed by atoms with van der Waals surface area (Å²) in [6.07, 6.45) is 0.402. The van der Waals surface area contributed by atoms with Gasteiger partial charge in [-0.15, -0.1) is 0 Å². The van der Waals surface area contributed by atoms with Gasteiger partial charge in [-0.1, -0.05) is 37.0 Å². The van der Waals surface area contributed by atoms with Gasteiger partial charge in [0.05, 0.1) is 22.5 Å². The van der Waals surface area contributed by atoms with Crippen LogP contribution in [-0.2, 0) is 0 Å². The molecule has 0 radical (unpaired) electrons. The number of nitrogen functional groups attached to an aromatic ring is 1. The molecule has 1 rings (SSSR count). The van der Waals surface area contributed by atoms with E-state index in [1.165, 1.54) is 0 Å². The molecule has 1 aromatic heterocycles. The Labute approximate surface area is 123 Å². The number of halogens is 2. The molecule has 0 atom stereocenters. The average Bonchev–Trinajstić information content (AvgIpc) is 2.34. The zero-order valence-electron chi connectivity index (χ0n) is 11.0. The third-order valence-electron chi connectivity index (χ3n) is 2.43. The Morgan fingerprint density at radius 3 is 2.68 bits per heavy atom. The lowest BCUT2D eigenvalue weighted by Gasteiger charge is -2.26. The zero-order chi connectivity index (χ0) is 14.4. The Kier molecular flexibility index (Phi) is 6.16. The molecule has 0 fully saturated rings. The fourth-order valence-electron chi connectivity index (χ4n) is 1.69. The van der Waals surface area contributed by atoms with Crippen LogP contribution in [0.3, 0.4) is 0 Å². The van der Waals surface area contributed by atoms with E-state index in [4.69, 9.17) is 34.3 Å². The van der Waals surface area contributed by atoms with E-state index in [2.05, 4.69) is 30.3 Å². The third-order valence-corrected chi connectivity index (χ3v) is 2.99. The second-order valence-electron chi connectivity index (χ2n) is 4.52. The smallest absolute Gasteiger partial charge is 0.161 e. The Morgan fingerprint density at radius 2 is 2.16 bits per heavy atom. The van der Waals surface area contributed by atoms with Crippen LogP contribution in [0, 0.1) is 17.2 Å². The summed E-state index contributed by atoms with van der Waals surface area (Å²) >= 11 is 12.1. The Bertz CT molecular complexity index is 470. The maximum atomic E-state index is 8.73. The summed E-state index contributed by atoms with van der Waals surface area (Å²) in [6.45, 7) is 5.49. The van der Waals surface area contributed by atoms with Crippen molar-refractivity contribution in [1.29, 1.82) is 5.26 Å². The zero-order valence-corrected chi connectivity index (χ0v) is 12.5. The number of pyridine rings is 1. The van der Waals surface area contributed by atoms with E-state index in [-0.39, 0.29) is 0 Å². The molecule has 104 valence electrons. The van der Waals surface area contributed by atoms with E-state index < -0.39 is 0 Å². The summed E-state index contributed by atoms with van der Waals surface area (Å²) in [6, 6.07) is 3.72. The second kappa shape index (κ2) is 7.39. The fraction of sp³-hybridized carbons (Fsp3) is 0.500. The number of hydrazine groups is 1. The van der Waals surface area contributed by atoms with Crippen LogP contribution < -0.4 is 16.2 Å². The van der Waals surface area contributed by atoms with Gasteiger partial charge in [0.2, 0.25) is 0 Å². The molecule has 0 unspecified atom stereocenters. The number of anilines is 2. The molecule has 7 heteroatoms. The highest BCUT2D eigenvalue weighted by Crippen LogP contribution is 2.31. The Morgan fingerprint density at radius 1 is 1.47 bits per heavy atom. The first kappa shape index (κ1) is 15.8. The number of nitrogens with two attached hydrogens (primary N) is 1. The monoisotopic (exact) mass is 301 g/mol. The number of hydrogen-bond donors (Lipinski definition) is 2. The molecule has 0 saturated heterocycles. The van der Waals surface area contributed by atoms with Gasteiger partial charge in [0.1, 0.15) is 5.82 Å². The van der Waals surface area contributed by atoms with Gasteiger partial charge in [-0.3, -0.25) is 0 Å². The maximum Gasteiger partial charge on any atom is 0.161 e. The lowest BCUT2D eigenvalue weighted by atomic mass is 10.2. The summed E-state index contributed by atoms with van der Waals surface area (Å²) in [5.41, 5.74) is 2.43. The first-order valence-electron chi connectivity index (χ1n) is 5.94. The summed E-state index contributed by atoms with van der Waals surface area (Å²) in [7, 11) is 0. The van der Waals surface area contributed by atoms with Gasteiger partial charge in [0, 0.05) is 13.1 Å². The lowest BCUT2D eigenvalue weighted by Crippen LogP contribution is -2.30. The SMILES string of the molecule is CC(C)CN(CCC#N)c1nc(NN)c(Cl)cc1Cl. The standard InChI is InChI=1S/C12H17Cl2N5/c1-8(2)7-19(5-3-4-15)12-10(14)6-9(13)11(17-12)18-16/h6,8H,3,5,7,16H2,1-2H3,(H,17,18). The molecule has 19 heavy (non-hydrogen) atoms. The van der Waals surface area contributed by atoms with Crippen molar-refractivity contribution < 1.29 is 0 Å². The minimum absolute atomic E-state index is 0.362. The number of nitriles is 1. The molecule has 5 nitrogen and oxygen atoms in total. The van der Waals surface area contributed by atoms with Gasteiger partial charge in [-0.25, -0.2) is 10.8 Å². The van der Waals surface area contributed by atoms with Crippen molar-refractivity contribution >= 4 is 34.8 Å². The molecular formula is C12H17Cl2N5. The molecule has 0 aromatic carbocycles. The quantitative estimate of drug-likeness (QED) is 0.624. The van der Waals surface area contributed by atoms with Crippen molar-refractivity contribution in [1.82, 2.24) is 4.98 Å². The number of aromatic nitrogens is 1. The molecule has 0 amide bonds. The molecule has 0 aliphatic rings. The average molecular weight is 302 g/mol. The van der Waals surface area contributed by atoms with E-state index in [1.54, 1.807) is 6.07 Å². The van der Waals surface area contributed by atoms with Crippen LogP contribution in [0.25, 0.3) is 0 Å². The van der Waals surface area contributed by atoms with Crippen molar-refractivity contribution in [3.05, 3.63) is 16.1 Å². The van der Waals surface area contributed by atoms with E-state index in [0.717, 1.165) is 6.54 Å². The second-order valence-corrected chi connectivity index (χ2v) is 5.33. The highest BCUT2D eigenvalue weighted by Gasteiger charge is 2.16. The predicted molar refractivity (Wildman–Crippen MR) is 79.3 cm³/mol. The molecule has 0 aliphatic carbocycles. The summed E-state index contributed by atoms with van der Waals surface area (Å²) in [5, 5.41) is 9.54. The normalized spacial score (nSPS) is 10.4. The summed E-state index contributed by atoms with van der Waals surface area (Å²) < 4.78 is 0. The molecule has 1 aromatic rings. The van der Waals surface area contributed by atoms with Gasteiger partial charge in [0.15, 0.2) is 5.82 Å². The van der Waals surface area contributed by atoms with Crippen LogP contribution in [-0.4, -0.2) is 18.1 Å². The molecule has 3 N–H and O–H groups in total. The van der Waals surface area contributed by atoms with E-state index in [9.17, 15) is 0 Å². The fourth-order valence-corrected chi connectivity index (χ4v) is 2.22. The van der Waals surface area contributed by atoms with Gasteiger partial charge in [-0.2, -0.15) is 5.26 Å². The van der Waals surface area contributed by atoms with Crippen LogP contribution in [0.1, 0.15) is 20.3 Å². The van der Waals surface area contributed by atoms with Crippen LogP contribution in [0.2, 0.25) is 10.0 Å². The molecule has 0 bridgehead atoms. The Hall–Kier alpha value is -1.22. The number of nitrogens with zero attached hydrogens (tertiary/aromatic N) is 3. The van der Waals surface area contributed by atoms with E-state index >= 15 is 0 Å². The van der Waals surface area contributed by atoms with Gasteiger partial charge < -0.3 is 10.3 Å². The van der Waals surface area contributed by atoms with Gasteiger partial charge in [0.25, 0.3) is 0 Å². The molecule has 0 saturated carbocycles.